The van der Waals surface area contributed by atoms with Crippen molar-refractivity contribution in [3.05, 3.63) is 69.8 Å². The van der Waals surface area contributed by atoms with E-state index >= 15 is 0 Å². The molecule has 0 bridgehead atoms. The Labute approximate surface area is 173 Å². The Morgan fingerprint density at radius 3 is 2.43 bits per heavy atom. The topological polar surface area (TPSA) is 128 Å². The lowest BCUT2D eigenvalue weighted by atomic mass is 10.0. The normalized spacial score (nSPS) is 11.5. The monoisotopic (exact) mass is 413 g/mol. The first-order valence-electron chi connectivity index (χ1n) is 9.26. The number of anilines is 1. The van der Waals surface area contributed by atoms with Crippen LogP contribution >= 0.6 is 0 Å². The van der Waals surface area contributed by atoms with Crippen LogP contribution in [0.25, 0.3) is 0 Å². The Morgan fingerprint density at radius 1 is 1.10 bits per heavy atom. The zero-order chi connectivity index (χ0) is 22.3. The number of nitrogens with zero attached hydrogens (tertiary/aromatic N) is 1. The van der Waals surface area contributed by atoms with E-state index in [1.807, 2.05) is 0 Å². The van der Waals surface area contributed by atoms with Gasteiger partial charge in [0, 0.05) is 23.4 Å². The van der Waals surface area contributed by atoms with E-state index in [1.54, 1.807) is 45.0 Å². The van der Waals surface area contributed by atoms with E-state index < -0.39 is 35.4 Å². The van der Waals surface area contributed by atoms with Crippen LogP contribution in [0.3, 0.4) is 0 Å². The van der Waals surface area contributed by atoms with Gasteiger partial charge in [0.1, 0.15) is 6.04 Å². The van der Waals surface area contributed by atoms with Crippen LogP contribution in [0.15, 0.2) is 48.5 Å². The number of carbonyl (C=O) groups excluding carboxylic acids is 3. The minimum atomic E-state index is -0.942. The van der Waals surface area contributed by atoms with Crippen LogP contribution in [0.2, 0.25) is 0 Å². The molecule has 158 valence electrons. The molecule has 0 heterocycles. The van der Waals surface area contributed by atoms with Gasteiger partial charge in [-0.25, -0.2) is 4.79 Å². The summed E-state index contributed by atoms with van der Waals surface area (Å²) in [5.74, 6) is -2.09. The molecule has 0 radical (unpaired) electrons. The Hall–Kier alpha value is -3.75. The van der Waals surface area contributed by atoms with Crippen LogP contribution in [0.1, 0.15) is 29.8 Å². The molecule has 2 rings (SSSR count). The van der Waals surface area contributed by atoms with Crippen LogP contribution in [-0.4, -0.2) is 35.4 Å². The van der Waals surface area contributed by atoms with Crippen LogP contribution in [-0.2, 0) is 14.3 Å². The van der Waals surface area contributed by atoms with E-state index in [4.69, 9.17) is 4.74 Å². The Kier molecular flexibility index (Phi) is 7.62. The molecule has 2 amide bonds. The molecule has 2 N–H and O–H groups in total. The molecule has 2 aromatic rings. The predicted molar refractivity (Wildman–Crippen MR) is 110 cm³/mol. The van der Waals surface area contributed by atoms with Crippen molar-refractivity contribution in [2.75, 3.05) is 11.9 Å². The van der Waals surface area contributed by atoms with Gasteiger partial charge in [-0.15, -0.1) is 0 Å². The van der Waals surface area contributed by atoms with Gasteiger partial charge in [0.15, 0.2) is 6.61 Å². The molecule has 0 aliphatic carbocycles. The van der Waals surface area contributed by atoms with Crippen LogP contribution < -0.4 is 10.6 Å². The van der Waals surface area contributed by atoms with Gasteiger partial charge in [0.2, 0.25) is 0 Å². The Bertz CT molecular complexity index is 957. The molecule has 1 atom stereocenters. The highest BCUT2D eigenvalue weighted by Gasteiger charge is 2.27. The molecular formula is C21H23N3O6. The fourth-order valence-electron chi connectivity index (χ4n) is 2.67. The molecule has 0 aliphatic rings. The number of amides is 2. The summed E-state index contributed by atoms with van der Waals surface area (Å²) in [6.45, 7) is 4.68. The second-order valence-electron chi connectivity index (χ2n) is 6.97. The predicted octanol–water partition coefficient (Wildman–Crippen LogP) is 2.84. The van der Waals surface area contributed by atoms with Crippen molar-refractivity contribution in [1.29, 1.82) is 0 Å². The average molecular weight is 413 g/mol. The fourth-order valence-corrected chi connectivity index (χ4v) is 2.67. The second-order valence-corrected chi connectivity index (χ2v) is 6.97. The summed E-state index contributed by atoms with van der Waals surface area (Å²) in [4.78, 5) is 47.2. The van der Waals surface area contributed by atoms with E-state index in [0.29, 0.717) is 5.56 Å². The van der Waals surface area contributed by atoms with E-state index in [-0.39, 0.29) is 17.3 Å². The number of ether oxygens (including phenoxy) is 1. The quantitative estimate of drug-likeness (QED) is 0.389. The molecule has 0 spiro atoms. The molecule has 0 saturated carbocycles. The third-order valence-corrected chi connectivity index (χ3v) is 4.28. The number of benzene rings is 2. The minimum Gasteiger partial charge on any atom is -0.454 e. The van der Waals surface area contributed by atoms with Gasteiger partial charge in [-0.05, 0) is 30.5 Å². The van der Waals surface area contributed by atoms with E-state index in [0.717, 1.165) is 5.56 Å². The number of rotatable bonds is 8. The molecule has 0 aliphatic heterocycles. The smallest absolute Gasteiger partial charge is 0.329 e. The SMILES string of the molecule is Cc1ccccc1C(=O)N[C@H](C(=O)OCC(=O)Nc1cccc([N+](=O)[O-])c1)C(C)C. The van der Waals surface area contributed by atoms with Crippen LogP contribution in [0, 0.1) is 23.0 Å². The van der Waals surface area contributed by atoms with Gasteiger partial charge in [-0.1, -0.05) is 38.1 Å². The Morgan fingerprint density at radius 2 is 1.80 bits per heavy atom. The number of nitro groups is 1. The van der Waals surface area contributed by atoms with E-state index in [2.05, 4.69) is 10.6 Å². The van der Waals surface area contributed by atoms with Crippen molar-refractivity contribution in [3.63, 3.8) is 0 Å². The summed E-state index contributed by atoms with van der Waals surface area (Å²) >= 11 is 0. The highest BCUT2D eigenvalue weighted by molar-refractivity contribution is 5.98. The molecule has 0 aromatic heterocycles. The first-order chi connectivity index (χ1) is 14.2. The number of non-ortho nitro benzene ring substituents is 1. The van der Waals surface area contributed by atoms with E-state index in [9.17, 15) is 24.5 Å². The van der Waals surface area contributed by atoms with Crippen LogP contribution in [0.5, 0.6) is 0 Å². The zero-order valence-corrected chi connectivity index (χ0v) is 16.9. The summed E-state index contributed by atoms with van der Waals surface area (Å²) in [6, 6.07) is 11.4. The number of nitrogens with one attached hydrogen (secondary N) is 2. The highest BCUT2D eigenvalue weighted by Crippen LogP contribution is 2.17. The van der Waals surface area contributed by atoms with Crippen molar-refractivity contribution in [1.82, 2.24) is 5.32 Å². The molecule has 2 aromatic carbocycles. The molecule has 0 saturated heterocycles. The third-order valence-electron chi connectivity index (χ3n) is 4.28. The van der Waals surface area contributed by atoms with Gasteiger partial charge in [0.05, 0.1) is 4.92 Å². The number of esters is 1. The van der Waals surface area contributed by atoms with Gasteiger partial charge in [0.25, 0.3) is 17.5 Å². The summed E-state index contributed by atoms with van der Waals surface area (Å²) in [7, 11) is 0. The van der Waals surface area contributed by atoms with Crippen molar-refractivity contribution in [2.45, 2.75) is 26.8 Å². The molecule has 0 fully saturated rings. The molecule has 9 heteroatoms. The number of aryl methyl sites for hydroxylation is 1. The summed E-state index contributed by atoms with van der Waals surface area (Å²) < 4.78 is 5.04. The van der Waals surface area contributed by atoms with Gasteiger partial charge < -0.3 is 15.4 Å². The first kappa shape index (κ1) is 22.5. The minimum absolute atomic E-state index is 0.177. The lowest BCUT2D eigenvalue weighted by Gasteiger charge is -2.21. The summed E-state index contributed by atoms with van der Waals surface area (Å²) in [6.07, 6.45) is 0. The second kappa shape index (κ2) is 10.1. The lowest BCUT2D eigenvalue weighted by molar-refractivity contribution is -0.384. The first-order valence-corrected chi connectivity index (χ1v) is 9.26. The number of nitro benzene ring substituents is 1. The average Bonchev–Trinajstić information content (AvgIpc) is 2.70. The van der Waals surface area contributed by atoms with Gasteiger partial charge in [-0.2, -0.15) is 0 Å². The lowest BCUT2D eigenvalue weighted by Crippen LogP contribution is -2.46. The van der Waals surface area contributed by atoms with Crippen molar-refractivity contribution in [2.24, 2.45) is 5.92 Å². The van der Waals surface area contributed by atoms with Crippen molar-refractivity contribution < 1.29 is 24.0 Å². The maximum absolute atomic E-state index is 12.5. The highest BCUT2D eigenvalue weighted by atomic mass is 16.6. The number of hydrogen-bond acceptors (Lipinski definition) is 6. The number of carbonyl (C=O) groups is 3. The summed E-state index contributed by atoms with van der Waals surface area (Å²) in [5, 5.41) is 15.9. The van der Waals surface area contributed by atoms with Gasteiger partial charge >= 0.3 is 5.97 Å². The molecule has 30 heavy (non-hydrogen) atoms. The summed E-state index contributed by atoms with van der Waals surface area (Å²) in [5.41, 5.74) is 1.24. The third kappa shape index (κ3) is 6.13. The van der Waals surface area contributed by atoms with Crippen LogP contribution in [0.4, 0.5) is 11.4 Å². The molecule has 9 nitrogen and oxygen atoms in total. The maximum Gasteiger partial charge on any atom is 0.329 e. The fraction of sp³-hybridized carbons (Fsp3) is 0.286. The maximum atomic E-state index is 12.5. The molecular weight excluding hydrogens is 390 g/mol. The standard InChI is InChI=1S/C21H23N3O6/c1-13(2)19(23-20(26)17-10-5-4-7-14(17)3)21(27)30-12-18(25)22-15-8-6-9-16(11-15)24(28)29/h4-11,13,19H,12H2,1-3H3,(H,22,25)(H,23,26)/t19-/m0/s1. The van der Waals surface area contributed by atoms with E-state index in [1.165, 1.54) is 24.3 Å². The van der Waals surface area contributed by atoms with Crippen molar-refractivity contribution >= 4 is 29.2 Å². The Balaban J connectivity index is 1.96. The van der Waals surface area contributed by atoms with Crippen molar-refractivity contribution in [3.8, 4) is 0 Å². The molecule has 0 unspecified atom stereocenters. The zero-order valence-electron chi connectivity index (χ0n) is 16.9. The van der Waals surface area contributed by atoms with Gasteiger partial charge in [-0.3, -0.25) is 19.7 Å². The largest absolute Gasteiger partial charge is 0.454 e. The number of hydrogen-bond donors (Lipinski definition) is 2.